The lowest BCUT2D eigenvalue weighted by molar-refractivity contribution is -0.133. The van der Waals surface area contributed by atoms with Crippen LogP contribution >= 0.6 is 20.9 Å². The number of likely N-dealkylation sites (N-methyl/N-ethyl adjacent to an activating group) is 1. The Morgan fingerprint density at radius 1 is 1.54 bits per heavy atom. The maximum Gasteiger partial charge on any atom is 0.237 e. The van der Waals surface area contributed by atoms with Crippen molar-refractivity contribution in [3.05, 3.63) is 0 Å². The number of carbonyl (C=O) groups excluding carboxylic acids is 1. The zero-order chi connectivity index (χ0) is 10.2. The molecule has 0 bridgehead atoms. The molecule has 0 aromatic rings. The van der Waals surface area contributed by atoms with Crippen LogP contribution < -0.4 is 0 Å². The van der Waals surface area contributed by atoms with Crippen molar-refractivity contribution in [1.82, 2.24) is 9.21 Å². The fourth-order valence-corrected chi connectivity index (χ4v) is 3.63. The fourth-order valence-electron chi connectivity index (χ4n) is 1.60. The van der Waals surface area contributed by atoms with Crippen molar-refractivity contribution >= 4 is 26.8 Å². The SMILES string of the molecule is CC1CN(C)C(=O)CN1S(C)(C)S. The molecular formula is C8H18N2OS2. The van der Waals surface area contributed by atoms with Crippen LogP contribution in [0.5, 0.6) is 0 Å². The Kier molecular flexibility index (Phi) is 3.20. The number of hydrogen-bond donors (Lipinski definition) is 1. The van der Waals surface area contributed by atoms with E-state index in [9.17, 15) is 4.79 Å². The first-order valence-corrected chi connectivity index (χ1v) is 7.75. The number of piperazine rings is 1. The first-order valence-electron chi connectivity index (χ1n) is 4.29. The van der Waals surface area contributed by atoms with Crippen LogP contribution in [-0.4, -0.2) is 53.8 Å². The molecule has 0 aliphatic carbocycles. The highest BCUT2D eigenvalue weighted by Gasteiger charge is 2.32. The van der Waals surface area contributed by atoms with Crippen molar-refractivity contribution in [1.29, 1.82) is 0 Å². The molecule has 0 aromatic heterocycles. The van der Waals surface area contributed by atoms with E-state index in [1.807, 2.05) is 7.05 Å². The van der Waals surface area contributed by atoms with E-state index < -0.39 is 9.25 Å². The van der Waals surface area contributed by atoms with E-state index in [1.54, 1.807) is 4.90 Å². The second-order valence-electron chi connectivity index (χ2n) is 3.92. The average Bonchev–Trinajstić information content (AvgIpc) is 1.94. The van der Waals surface area contributed by atoms with Crippen molar-refractivity contribution in [2.75, 3.05) is 32.6 Å². The molecule has 1 heterocycles. The van der Waals surface area contributed by atoms with Crippen LogP contribution in [0, 0.1) is 0 Å². The van der Waals surface area contributed by atoms with Gasteiger partial charge in [0.15, 0.2) is 0 Å². The van der Waals surface area contributed by atoms with Gasteiger partial charge >= 0.3 is 0 Å². The molecule has 0 radical (unpaired) electrons. The third-order valence-electron chi connectivity index (χ3n) is 2.32. The number of thiol groups is 1. The topological polar surface area (TPSA) is 23.6 Å². The van der Waals surface area contributed by atoms with Gasteiger partial charge < -0.3 is 4.90 Å². The van der Waals surface area contributed by atoms with E-state index >= 15 is 0 Å². The molecule has 1 aliphatic rings. The van der Waals surface area contributed by atoms with Gasteiger partial charge in [0.1, 0.15) is 0 Å². The minimum Gasteiger partial charge on any atom is -0.343 e. The lowest BCUT2D eigenvalue weighted by atomic mass is 10.2. The summed E-state index contributed by atoms with van der Waals surface area (Å²) < 4.78 is 2.21. The summed E-state index contributed by atoms with van der Waals surface area (Å²) in [6, 6.07) is 0.421. The summed E-state index contributed by atoms with van der Waals surface area (Å²) in [6.07, 6.45) is 4.20. The van der Waals surface area contributed by atoms with E-state index in [4.69, 9.17) is 0 Å². The summed E-state index contributed by atoms with van der Waals surface area (Å²) in [5.41, 5.74) is 0. The highest BCUT2D eigenvalue weighted by Crippen LogP contribution is 2.50. The predicted octanol–water partition coefficient (Wildman–Crippen LogP) is 0.973. The van der Waals surface area contributed by atoms with E-state index in [-0.39, 0.29) is 5.91 Å². The quantitative estimate of drug-likeness (QED) is 0.528. The van der Waals surface area contributed by atoms with Crippen LogP contribution in [0.4, 0.5) is 0 Å². The second-order valence-corrected chi connectivity index (χ2v) is 9.51. The summed E-state index contributed by atoms with van der Waals surface area (Å²) in [4.78, 5) is 13.3. The summed E-state index contributed by atoms with van der Waals surface area (Å²) in [5, 5.41) is 0. The Hall–Kier alpha value is 0.130. The number of amides is 1. The molecule has 78 valence electrons. The Balaban J connectivity index is 2.73. The van der Waals surface area contributed by atoms with Gasteiger partial charge in [0.2, 0.25) is 5.91 Å². The van der Waals surface area contributed by atoms with Crippen LogP contribution in [0.25, 0.3) is 0 Å². The number of carbonyl (C=O) groups is 1. The molecule has 1 atom stereocenters. The fraction of sp³-hybridized carbons (Fsp3) is 0.875. The van der Waals surface area contributed by atoms with Crippen molar-refractivity contribution in [3.63, 3.8) is 0 Å². The van der Waals surface area contributed by atoms with Gasteiger partial charge in [-0.05, 0) is 19.4 Å². The van der Waals surface area contributed by atoms with Gasteiger partial charge in [-0.3, -0.25) is 4.79 Å². The van der Waals surface area contributed by atoms with Gasteiger partial charge in [0.25, 0.3) is 0 Å². The maximum atomic E-state index is 11.5. The highest BCUT2D eigenvalue weighted by atomic mass is 33.1. The molecule has 1 unspecified atom stereocenters. The molecule has 13 heavy (non-hydrogen) atoms. The van der Waals surface area contributed by atoms with Crippen LogP contribution in [0.3, 0.4) is 0 Å². The summed E-state index contributed by atoms with van der Waals surface area (Å²) in [6.45, 7) is 3.48. The zero-order valence-electron chi connectivity index (χ0n) is 8.65. The minimum atomic E-state index is -1.05. The zero-order valence-corrected chi connectivity index (χ0v) is 10.4. The lowest BCUT2D eigenvalue weighted by Crippen LogP contribution is -2.53. The van der Waals surface area contributed by atoms with Crippen LogP contribution in [0.1, 0.15) is 6.92 Å². The van der Waals surface area contributed by atoms with Crippen molar-refractivity contribution < 1.29 is 4.79 Å². The van der Waals surface area contributed by atoms with Crippen molar-refractivity contribution in [2.24, 2.45) is 0 Å². The van der Waals surface area contributed by atoms with E-state index in [0.29, 0.717) is 12.6 Å². The average molecular weight is 222 g/mol. The molecule has 1 rings (SSSR count). The second kappa shape index (κ2) is 3.71. The van der Waals surface area contributed by atoms with Gasteiger partial charge in [-0.25, -0.2) is 4.31 Å². The standard InChI is InChI=1S/C8H18N2OS2/c1-7-5-9(2)8(11)6-10(7)13(3,4)12/h7,12H,5-6H2,1-4H3. The van der Waals surface area contributed by atoms with Gasteiger partial charge in [0.05, 0.1) is 6.54 Å². The van der Waals surface area contributed by atoms with Gasteiger partial charge in [-0.1, -0.05) is 0 Å². The summed E-state index contributed by atoms with van der Waals surface area (Å²) >= 11 is 4.57. The highest BCUT2D eigenvalue weighted by molar-refractivity contribution is 8.86. The summed E-state index contributed by atoms with van der Waals surface area (Å²) in [5.74, 6) is 0.202. The largest absolute Gasteiger partial charge is 0.343 e. The van der Waals surface area contributed by atoms with Crippen LogP contribution in [0.15, 0.2) is 0 Å². The molecule has 1 saturated heterocycles. The van der Waals surface area contributed by atoms with Crippen LogP contribution in [0.2, 0.25) is 0 Å². The molecule has 1 amide bonds. The maximum absolute atomic E-state index is 11.5. The molecule has 1 fully saturated rings. The first kappa shape index (κ1) is 11.2. The first-order chi connectivity index (χ1) is 5.82. The molecule has 0 spiro atoms. The monoisotopic (exact) mass is 222 g/mol. The molecular weight excluding hydrogens is 204 g/mol. The number of rotatable bonds is 1. The van der Waals surface area contributed by atoms with Crippen LogP contribution in [-0.2, 0) is 4.79 Å². The molecule has 3 nitrogen and oxygen atoms in total. The Morgan fingerprint density at radius 3 is 2.54 bits per heavy atom. The molecule has 1 aliphatic heterocycles. The van der Waals surface area contributed by atoms with E-state index in [2.05, 4.69) is 35.4 Å². The lowest BCUT2D eigenvalue weighted by Gasteiger charge is -2.47. The van der Waals surface area contributed by atoms with Gasteiger partial charge in [0, 0.05) is 19.6 Å². The minimum absolute atomic E-state index is 0.202. The Labute approximate surface area is 86.7 Å². The predicted molar refractivity (Wildman–Crippen MR) is 62.2 cm³/mol. The van der Waals surface area contributed by atoms with E-state index in [0.717, 1.165) is 6.54 Å². The van der Waals surface area contributed by atoms with Crippen molar-refractivity contribution in [2.45, 2.75) is 13.0 Å². The Morgan fingerprint density at radius 2 is 2.08 bits per heavy atom. The molecule has 5 heteroatoms. The smallest absolute Gasteiger partial charge is 0.237 e. The Bertz CT molecular complexity index is 215. The number of hydrogen-bond acceptors (Lipinski definition) is 3. The summed E-state index contributed by atoms with van der Waals surface area (Å²) in [7, 11) is 0.807. The van der Waals surface area contributed by atoms with Gasteiger partial charge in [-0.15, -0.1) is 20.9 Å². The normalized spacial score (nSPS) is 27.9. The van der Waals surface area contributed by atoms with Gasteiger partial charge in [-0.2, -0.15) is 0 Å². The molecule has 0 saturated carbocycles. The third-order valence-corrected chi connectivity index (χ3v) is 4.59. The third kappa shape index (κ3) is 2.54. The molecule has 0 aromatic carbocycles. The number of nitrogens with zero attached hydrogens (tertiary/aromatic N) is 2. The van der Waals surface area contributed by atoms with Crippen molar-refractivity contribution in [3.8, 4) is 0 Å². The molecule has 0 N–H and O–H groups in total. The van der Waals surface area contributed by atoms with E-state index in [1.165, 1.54) is 0 Å².